The predicted octanol–water partition coefficient (Wildman–Crippen LogP) is 2.77. The number of carbonyl (C=O) groups is 2. The Hall–Kier alpha value is -2.16. The molecule has 2 heterocycles. The van der Waals surface area contributed by atoms with Crippen molar-refractivity contribution in [3.8, 4) is 0 Å². The number of fused-ring (bicyclic) bond motifs is 1. The van der Waals surface area contributed by atoms with Gasteiger partial charge in [0.15, 0.2) is 0 Å². The quantitative estimate of drug-likeness (QED) is 0.738. The zero-order valence-electron chi connectivity index (χ0n) is 17.4. The van der Waals surface area contributed by atoms with Gasteiger partial charge in [-0.25, -0.2) is 8.42 Å². The first-order valence-corrected chi connectivity index (χ1v) is 12.4. The lowest BCUT2D eigenvalue weighted by molar-refractivity contribution is -0.143. The Balaban J connectivity index is 1.46. The van der Waals surface area contributed by atoms with Gasteiger partial charge in [-0.15, -0.1) is 0 Å². The van der Waals surface area contributed by atoms with E-state index in [1.807, 2.05) is 0 Å². The third-order valence-corrected chi connectivity index (χ3v) is 7.82. The van der Waals surface area contributed by atoms with Crippen molar-refractivity contribution in [2.24, 2.45) is 0 Å². The monoisotopic (exact) mass is 463 g/mol. The van der Waals surface area contributed by atoms with Crippen LogP contribution in [0.1, 0.15) is 32.6 Å². The van der Waals surface area contributed by atoms with E-state index in [0.29, 0.717) is 31.1 Å². The van der Waals surface area contributed by atoms with Crippen LogP contribution >= 0.6 is 11.6 Å². The topological polar surface area (TPSA) is 86.8 Å². The van der Waals surface area contributed by atoms with E-state index in [-0.39, 0.29) is 16.7 Å². The van der Waals surface area contributed by atoms with E-state index in [9.17, 15) is 18.0 Å². The van der Waals surface area contributed by atoms with E-state index in [1.165, 1.54) is 11.0 Å². The molecule has 0 saturated carbocycles. The summed E-state index contributed by atoms with van der Waals surface area (Å²) in [5, 5.41) is 2.15. The number of hydrogen-bond acceptors (Lipinski definition) is 4. The molecule has 0 aromatic heterocycles. The summed E-state index contributed by atoms with van der Waals surface area (Å²) in [6, 6.07) is 8.51. The molecule has 166 valence electrons. The Bertz CT molecular complexity index is 1110. The minimum atomic E-state index is -3.89. The lowest BCUT2D eigenvalue weighted by Crippen LogP contribution is -2.51. The van der Waals surface area contributed by atoms with Crippen molar-refractivity contribution < 1.29 is 18.0 Å². The average molecular weight is 464 g/mol. The molecule has 2 saturated heterocycles. The van der Waals surface area contributed by atoms with Crippen molar-refractivity contribution >= 4 is 44.2 Å². The molecule has 2 aromatic rings. The molecule has 0 radical (unpaired) electrons. The number of rotatable bonds is 5. The van der Waals surface area contributed by atoms with Crippen LogP contribution in [0.2, 0.25) is 5.02 Å². The Morgan fingerprint density at radius 3 is 2.48 bits per heavy atom. The maximum atomic E-state index is 12.9. The fourth-order valence-corrected chi connectivity index (χ4v) is 5.76. The zero-order valence-corrected chi connectivity index (χ0v) is 19.0. The van der Waals surface area contributed by atoms with Crippen LogP contribution in [0.25, 0.3) is 10.8 Å². The van der Waals surface area contributed by atoms with Crippen molar-refractivity contribution in [2.75, 3.05) is 19.6 Å². The molecule has 0 spiro atoms. The highest BCUT2D eigenvalue weighted by Gasteiger charge is 2.40. The molecule has 2 fully saturated rings. The zero-order chi connectivity index (χ0) is 22.2. The molecule has 0 bridgehead atoms. The van der Waals surface area contributed by atoms with Crippen LogP contribution in [0, 0.1) is 0 Å². The Morgan fingerprint density at radius 1 is 1.06 bits per heavy atom. The van der Waals surface area contributed by atoms with Gasteiger partial charge in [-0.2, -0.15) is 4.72 Å². The maximum absolute atomic E-state index is 12.9. The highest BCUT2D eigenvalue weighted by molar-refractivity contribution is 7.89. The van der Waals surface area contributed by atoms with Gasteiger partial charge in [0.05, 0.1) is 4.90 Å². The fourth-order valence-electron chi connectivity index (χ4n) is 4.32. The SMILES string of the molecule is C[C@H](C(=O)N1CCCCC1)N1CC[C@H](NS(=O)(=O)c2ccc3cc(Cl)ccc3c2)C1=O. The highest BCUT2D eigenvalue weighted by Crippen LogP contribution is 2.24. The molecular formula is C22H26ClN3O4S. The van der Waals surface area contributed by atoms with Crippen molar-refractivity contribution in [1.29, 1.82) is 0 Å². The summed E-state index contributed by atoms with van der Waals surface area (Å²) in [6.45, 7) is 3.51. The second-order valence-electron chi connectivity index (χ2n) is 8.21. The second kappa shape index (κ2) is 8.76. The number of piperidine rings is 1. The number of hydrogen-bond donors (Lipinski definition) is 1. The van der Waals surface area contributed by atoms with E-state index in [4.69, 9.17) is 11.6 Å². The first-order valence-electron chi connectivity index (χ1n) is 10.6. The minimum Gasteiger partial charge on any atom is -0.341 e. The van der Waals surface area contributed by atoms with Crippen LogP contribution in [-0.4, -0.2) is 61.7 Å². The molecule has 1 N–H and O–H groups in total. The first kappa shape index (κ1) is 22.0. The van der Waals surface area contributed by atoms with Crippen LogP contribution in [0.4, 0.5) is 0 Å². The lowest BCUT2D eigenvalue weighted by Gasteiger charge is -2.32. The molecule has 7 nitrogen and oxygen atoms in total. The van der Waals surface area contributed by atoms with E-state index in [1.54, 1.807) is 42.2 Å². The standard InChI is InChI=1S/C22H26ClN3O4S/c1-15(21(27)25-10-3-2-4-11-25)26-12-9-20(22(26)28)24-31(29,30)19-8-6-16-13-18(23)7-5-17(16)14-19/h5-8,13-15,20,24H,2-4,9-12H2,1H3/t15-,20+/m1/s1. The molecular weight excluding hydrogens is 438 g/mol. The predicted molar refractivity (Wildman–Crippen MR) is 119 cm³/mol. The molecule has 2 aliphatic rings. The third-order valence-electron chi connectivity index (χ3n) is 6.11. The van der Waals surface area contributed by atoms with Gasteiger partial charge in [0.25, 0.3) is 0 Å². The Morgan fingerprint density at radius 2 is 1.74 bits per heavy atom. The maximum Gasteiger partial charge on any atom is 0.245 e. The van der Waals surface area contributed by atoms with Gasteiger partial charge < -0.3 is 9.80 Å². The van der Waals surface area contributed by atoms with Gasteiger partial charge in [-0.3, -0.25) is 9.59 Å². The number of nitrogens with zero attached hydrogens (tertiary/aromatic N) is 2. The van der Waals surface area contributed by atoms with Crippen molar-refractivity contribution in [1.82, 2.24) is 14.5 Å². The Labute approximate surface area is 187 Å². The number of amides is 2. The number of carbonyl (C=O) groups excluding carboxylic acids is 2. The molecule has 2 amide bonds. The van der Waals surface area contributed by atoms with E-state index in [2.05, 4.69) is 4.72 Å². The van der Waals surface area contributed by atoms with Gasteiger partial charge in [0.1, 0.15) is 12.1 Å². The summed E-state index contributed by atoms with van der Waals surface area (Å²) < 4.78 is 28.4. The normalized spacial score (nSPS) is 21.0. The average Bonchev–Trinajstić information content (AvgIpc) is 3.12. The largest absolute Gasteiger partial charge is 0.341 e. The van der Waals surface area contributed by atoms with E-state index < -0.39 is 22.1 Å². The van der Waals surface area contributed by atoms with Gasteiger partial charge in [0, 0.05) is 24.7 Å². The van der Waals surface area contributed by atoms with Gasteiger partial charge >= 0.3 is 0 Å². The van der Waals surface area contributed by atoms with Crippen LogP contribution in [0.3, 0.4) is 0 Å². The summed E-state index contributed by atoms with van der Waals surface area (Å²) in [6.07, 6.45) is 3.41. The number of likely N-dealkylation sites (tertiary alicyclic amines) is 2. The third kappa shape index (κ3) is 4.56. The van der Waals surface area contributed by atoms with Gasteiger partial charge in [-0.1, -0.05) is 23.7 Å². The molecule has 2 aromatic carbocycles. The molecule has 31 heavy (non-hydrogen) atoms. The van der Waals surface area contributed by atoms with E-state index >= 15 is 0 Å². The van der Waals surface area contributed by atoms with E-state index in [0.717, 1.165) is 30.0 Å². The van der Waals surface area contributed by atoms with Crippen molar-refractivity contribution in [2.45, 2.75) is 49.6 Å². The van der Waals surface area contributed by atoms with Crippen LogP contribution in [-0.2, 0) is 19.6 Å². The van der Waals surface area contributed by atoms with Crippen LogP contribution in [0.15, 0.2) is 41.3 Å². The fraction of sp³-hybridized carbons (Fsp3) is 0.455. The van der Waals surface area contributed by atoms with Crippen molar-refractivity contribution in [3.05, 3.63) is 41.4 Å². The number of sulfonamides is 1. The molecule has 0 aliphatic carbocycles. The molecule has 0 unspecified atom stereocenters. The number of benzene rings is 2. The van der Waals surface area contributed by atoms with Crippen molar-refractivity contribution in [3.63, 3.8) is 0 Å². The number of nitrogens with one attached hydrogen (secondary N) is 1. The molecule has 4 rings (SSSR count). The van der Waals surface area contributed by atoms with Crippen LogP contribution < -0.4 is 4.72 Å². The van der Waals surface area contributed by atoms with Gasteiger partial charge in [0.2, 0.25) is 21.8 Å². The summed E-state index contributed by atoms with van der Waals surface area (Å²) in [7, 11) is -3.89. The Kier molecular flexibility index (Phi) is 6.23. The molecule has 9 heteroatoms. The molecule has 2 atom stereocenters. The summed E-state index contributed by atoms with van der Waals surface area (Å²) in [4.78, 5) is 29.1. The minimum absolute atomic E-state index is 0.0650. The highest BCUT2D eigenvalue weighted by atomic mass is 35.5. The smallest absolute Gasteiger partial charge is 0.245 e. The lowest BCUT2D eigenvalue weighted by atomic mass is 10.1. The molecule has 2 aliphatic heterocycles. The summed E-state index contributed by atoms with van der Waals surface area (Å²) in [5.74, 6) is -0.418. The number of halogens is 1. The summed E-state index contributed by atoms with van der Waals surface area (Å²) in [5.41, 5.74) is 0. The van der Waals surface area contributed by atoms with Gasteiger partial charge in [-0.05, 0) is 67.6 Å². The second-order valence-corrected chi connectivity index (χ2v) is 10.4. The van der Waals surface area contributed by atoms with Crippen LogP contribution in [0.5, 0.6) is 0 Å². The summed E-state index contributed by atoms with van der Waals surface area (Å²) >= 11 is 5.99. The first-order chi connectivity index (χ1) is 14.8.